The number of benzene rings is 1. The van der Waals surface area contributed by atoms with Gasteiger partial charge in [-0.05, 0) is 37.1 Å². The van der Waals surface area contributed by atoms with Crippen molar-refractivity contribution in [2.24, 2.45) is 11.1 Å². The molecule has 0 heterocycles. The zero-order chi connectivity index (χ0) is 15.5. The number of sulfonamides is 1. The Kier molecular flexibility index (Phi) is 4.53. The van der Waals surface area contributed by atoms with Crippen molar-refractivity contribution in [1.29, 1.82) is 0 Å². The van der Waals surface area contributed by atoms with E-state index in [4.69, 9.17) is 5.73 Å². The minimum atomic E-state index is -3.29. The number of amides is 1. The third kappa shape index (κ3) is 3.95. The molecule has 0 aromatic heterocycles. The van der Waals surface area contributed by atoms with Gasteiger partial charge >= 0.3 is 0 Å². The summed E-state index contributed by atoms with van der Waals surface area (Å²) in [6.45, 7) is 0.354. The summed E-state index contributed by atoms with van der Waals surface area (Å²) in [5.41, 5.74) is 6.43. The van der Waals surface area contributed by atoms with Gasteiger partial charge in [0.1, 0.15) is 0 Å². The minimum Gasteiger partial charge on any atom is -0.329 e. The average molecular weight is 311 g/mol. The van der Waals surface area contributed by atoms with E-state index in [1.165, 1.54) is 0 Å². The van der Waals surface area contributed by atoms with E-state index in [0.717, 1.165) is 31.9 Å². The molecule has 0 spiro atoms. The molecule has 1 aliphatic rings. The number of carbonyl (C=O) groups excluding carboxylic acids is 1. The lowest BCUT2D eigenvalue weighted by molar-refractivity contribution is -0.124. The van der Waals surface area contributed by atoms with Crippen LogP contribution in [0.5, 0.6) is 0 Å². The molecule has 7 heteroatoms. The summed E-state index contributed by atoms with van der Waals surface area (Å²) in [5, 5.41) is 2.87. The van der Waals surface area contributed by atoms with Gasteiger partial charge in [0.05, 0.1) is 11.7 Å². The van der Waals surface area contributed by atoms with Gasteiger partial charge in [-0.25, -0.2) is 8.42 Å². The Bertz CT molecular complexity index is 605. The highest BCUT2D eigenvalue weighted by Gasteiger charge is 2.39. The molecule has 116 valence electrons. The molecule has 1 aromatic carbocycles. The summed E-state index contributed by atoms with van der Waals surface area (Å²) < 4.78 is 24.6. The van der Waals surface area contributed by atoms with Gasteiger partial charge in [0, 0.05) is 17.9 Å². The zero-order valence-electron chi connectivity index (χ0n) is 12.1. The molecular formula is C14H21N3O3S. The van der Waals surface area contributed by atoms with Gasteiger partial charge in [0.2, 0.25) is 15.9 Å². The summed E-state index contributed by atoms with van der Waals surface area (Å²) in [5.74, 6) is -0.0497. The lowest BCUT2D eigenvalue weighted by atomic mass is 9.85. The minimum absolute atomic E-state index is 0.0497. The summed E-state index contributed by atoms with van der Waals surface area (Å²) in [6, 6.07) is 6.57. The van der Waals surface area contributed by atoms with Gasteiger partial charge in [-0.1, -0.05) is 12.8 Å². The second-order valence-electron chi connectivity index (χ2n) is 5.60. The predicted molar refractivity (Wildman–Crippen MR) is 83.5 cm³/mol. The Morgan fingerprint density at radius 2 is 1.71 bits per heavy atom. The molecule has 21 heavy (non-hydrogen) atoms. The molecule has 6 nitrogen and oxygen atoms in total. The first-order valence-corrected chi connectivity index (χ1v) is 8.83. The fraction of sp³-hybridized carbons (Fsp3) is 0.500. The van der Waals surface area contributed by atoms with E-state index in [-0.39, 0.29) is 5.91 Å². The van der Waals surface area contributed by atoms with Gasteiger partial charge in [-0.3, -0.25) is 9.52 Å². The molecule has 0 aliphatic heterocycles. The van der Waals surface area contributed by atoms with E-state index in [0.29, 0.717) is 17.9 Å². The smallest absolute Gasteiger partial charge is 0.231 e. The van der Waals surface area contributed by atoms with Crippen molar-refractivity contribution in [2.45, 2.75) is 25.7 Å². The number of hydrogen-bond donors (Lipinski definition) is 3. The van der Waals surface area contributed by atoms with Crippen molar-refractivity contribution < 1.29 is 13.2 Å². The van der Waals surface area contributed by atoms with Gasteiger partial charge in [-0.2, -0.15) is 0 Å². The van der Waals surface area contributed by atoms with Crippen LogP contribution in [0.25, 0.3) is 0 Å². The van der Waals surface area contributed by atoms with E-state index in [1.54, 1.807) is 24.3 Å². The first-order chi connectivity index (χ1) is 9.85. The Morgan fingerprint density at radius 1 is 1.19 bits per heavy atom. The monoisotopic (exact) mass is 311 g/mol. The van der Waals surface area contributed by atoms with Crippen LogP contribution in [-0.2, 0) is 14.8 Å². The van der Waals surface area contributed by atoms with E-state index < -0.39 is 15.4 Å². The number of anilines is 2. The Labute approximate surface area is 125 Å². The zero-order valence-corrected chi connectivity index (χ0v) is 12.9. The maximum Gasteiger partial charge on any atom is 0.231 e. The molecule has 1 aromatic rings. The molecule has 1 fully saturated rings. The average Bonchev–Trinajstić information content (AvgIpc) is 2.89. The molecule has 0 saturated heterocycles. The number of hydrogen-bond acceptors (Lipinski definition) is 4. The van der Waals surface area contributed by atoms with Crippen LogP contribution in [0.3, 0.4) is 0 Å². The second kappa shape index (κ2) is 6.03. The van der Waals surface area contributed by atoms with Crippen LogP contribution in [0.4, 0.5) is 11.4 Å². The normalized spacial score (nSPS) is 17.4. The molecule has 1 aliphatic carbocycles. The Hall–Kier alpha value is -1.60. The number of rotatable bonds is 5. The molecule has 2 rings (SSSR count). The number of nitrogens with one attached hydrogen (secondary N) is 2. The standard InChI is InChI=1S/C14H21N3O3S/c1-21(19,20)17-12-6-4-11(5-7-12)16-13(18)14(10-15)8-2-3-9-14/h4-7,17H,2-3,8-10,15H2,1H3,(H,16,18). The highest BCUT2D eigenvalue weighted by atomic mass is 32.2. The van der Waals surface area contributed by atoms with Gasteiger partial charge in [0.15, 0.2) is 0 Å². The summed E-state index contributed by atoms with van der Waals surface area (Å²) >= 11 is 0. The van der Waals surface area contributed by atoms with E-state index >= 15 is 0 Å². The van der Waals surface area contributed by atoms with Crippen LogP contribution in [-0.4, -0.2) is 27.1 Å². The fourth-order valence-corrected chi connectivity index (χ4v) is 3.24. The third-order valence-electron chi connectivity index (χ3n) is 3.88. The van der Waals surface area contributed by atoms with E-state index in [1.807, 2.05) is 0 Å². The largest absolute Gasteiger partial charge is 0.329 e. The van der Waals surface area contributed by atoms with E-state index in [9.17, 15) is 13.2 Å². The summed E-state index contributed by atoms with van der Waals surface area (Å²) in [6.07, 6.45) is 4.80. The molecule has 4 N–H and O–H groups in total. The highest BCUT2D eigenvalue weighted by molar-refractivity contribution is 7.92. The third-order valence-corrected chi connectivity index (χ3v) is 4.49. The highest BCUT2D eigenvalue weighted by Crippen LogP contribution is 2.38. The number of nitrogens with two attached hydrogens (primary N) is 1. The molecular weight excluding hydrogens is 290 g/mol. The second-order valence-corrected chi connectivity index (χ2v) is 7.35. The van der Waals surface area contributed by atoms with Crippen LogP contribution in [0.2, 0.25) is 0 Å². The van der Waals surface area contributed by atoms with E-state index in [2.05, 4.69) is 10.0 Å². The molecule has 0 bridgehead atoms. The quantitative estimate of drug-likeness (QED) is 0.767. The first-order valence-electron chi connectivity index (χ1n) is 6.94. The molecule has 1 saturated carbocycles. The predicted octanol–water partition coefficient (Wildman–Crippen LogP) is 1.52. The van der Waals surface area contributed by atoms with Crippen molar-refractivity contribution in [3.63, 3.8) is 0 Å². The van der Waals surface area contributed by atoms with Crippen LogP contribution in [0.1, 0.15) is 25.7 Å². The lowest BCUT2D eigenvalue weighted by Crippen LogP contribution is -2.40. The lowest BCUT2D eigenvalue weighted by Gasteiger charge is -2.25. The molecule has 0 atom stereocenters. The first kappa shape index (κ1) is 15.8. The van der Waals surface area contributed by atoms with Crippen molar-refractivity contribution >= 4 is 27.3 Å². The topological polar surface area (TPSA) is 101 Å². The maximum absolute atomic E-state index is 12.4. The molecule has 0 unspecified atom stereocenters. The van der Waals surface area contributed by atoms with Crippen molar-refractivity contribution in [3.05, 3.63) is 24.3 Å². The van der Waals surface area contributed by atoms with Crippen molar-refractivity contribution in [2.75, 3.05) is 22.8 Å². The summed E-state index contributed by atoms with van der Waals surface area (Å²) in [7, 11) is -3.29. The number of carbonyl (C=O) groups is 1. The SMILES string of the molecule is CS(=O)(=O)Nc1ccc(NC(=O)C2(CN)CCCC2)cc1. The maximum atomic E-state index is 12.4. The van der Waals surface area contributed by atoms with Gasteiger partial charge in [0.25, 0.3) is 0 Å². The van der Waals surface area contributed by atoms with Crippen LogP contribution >= 0.6 is 0 Å². The van der Waals surface area contributed by atoms with Crippen molar-refractivity contribution in [3.8, 4) is 0 Å². The van der Waals surface area contributed by atoms with Gasteiger partial charge < -0.3 is 11.1 Å². The van der Waals surface area contributed by atoms with Crippen LogP contribution in [0, 0.1) is 5.41 Å². The molecule has 1 amide bonds. The Morgan fingerprint density at radius 3 is 2.19 bits per heavy atom. The van der Waals surface area contributed by atoms with Crippen LogP contribution < -0.4 is 15.8 Å². The fourth-order valence-electron chi connectivity index (χ4n) is 2.68. The van der Waals surface area contributed by atoms with Gasteiger partial charge in [-0.15, -0.1) is 0 Å². The summed E-state index contributed by atoms with van der Waals surface area (Å²) in [4.78, 5) is 12.4. The molecule has 0 radical (unpaired) electrons. The van der Waals surface area contributed by atoms with Crippen molar-refractivity contribution in [1.82, 2.24) is 0 Å². The Balaban J connectivity index is 2.05. The van der Waals surface area contributed by atoms with Crippen LogP contribution in [0.15, 0.2) is 24.3 Å².